The first kappa shape index (κ1) is 17.7. The summed E-state index contributed by atoms with van der Waals surface area (Å²) in [6.07, 6.45) is 2.06. The lowest BCUT2D eigenvalue weighted by Gasteiger charge is -2.34. The van der Waals surface area contributed by atoms with Crippen molar-refractivity contribution < 1.29 is 4.63 Å². The molecule has 0 aliphatic carbocycles. The number of fused-ring (bicyclic) bond motifs is 1. The van der Waals surface area contributed by atoms with Gasteiger partial charge in [-0.2, -0.15) is 5.26 Å². The van der Waals surface area contributed by atoms with Crippen LogP contribution in [-0.2, 0) is 12.8 Å². The van der Waals surface area contributed by atoms with E-state index in [4.69, 9.17) is 9.89 Å². The Morgan fingerprint density at radius 1 is 0.815 bits per heavy atom. The maximum absolute atomic E-state index is 8.87. The van der Waals surface area contributed by atoms with Crippen molar-refractivity contribution in [2.24, 2.45) is 0 Å². The van der Waals surface area contributed by atoms with E-state index in [0.717, 1.165) is 68.7 Å². The molecule has 0 saturated carbocycles. The fourth-order valence-corrected chi connectivity index (χ4v) is 3.54. The second kappa shape index (κ2) is 8.30. The van der Waals surface area contributed by atoms with Crippen molar-refractivity contribution in [3.8, 4) is 6.07 Å². The van der Waals surface area contributed by atoms with Crippen LogP contribution in [0.3, 0.4) is 0 Å². The van der Waals surface area contributed by atoms with E-state index < -0.39 is 0 Å². The largest absolute Gasteiger partial charge is 0.300 e. The van der Waals surface area contributed by atoms with Crippen molar-refractivity contribution in [1.29, 1.82) is 5.26 Å². The van der Waals surface area contributed by atoms with Crippen molar-refractivity contribution in [3.05, 3.63) is 59.2 Å². The van der Waals surface area contributed by atoms with Crippen LogP contribution in [0.2, 0.25) is 0 Å². The summed E-state index contributed by atoms with van der Waals surface area (Å²) in [7, 11) is 0. The number of aromatic nitrogens is 2. The number of piperazine rings is 1. The van der Waals surface area contributed by atoms with Gasteiger partial charge in [0.15, 0.2) is 0 Å². The predicted molar refractivity (Wildman–Crippen MR) is 103 cm³/mol. The molecule has 1 aliphatic heterocycles. The molecule has 6 heteroatoms. The third kappa shape index (κ3) is 4.51. The highest BCUT2D eigenvalue weighted by atomic mass is 16.6. The van der Waals surface area contributed by atoms with E-state index in [-0.39, 0.29) is 0 Å². The van der Waals surface area contributed by atoms with Gasteiger partial charge in [-0.15, -0.1) is 0 Å². The SMILES string of the molecule is N#Cc1ccc(CCN2CCN(CCc3ccc4nonc4c3)CC2)cc1. The molecule has 2 heterocycles. The summed E-state index contributed by atoms with van der Waals surface area (Å²) in [5.74, 6) is 0. The normalized spacial score (nSPS) is 15.8. The predicted octanol–water partition coefficient (Wildman–Crippen LogP) is 2.50. The van der Waals surface area contributed by atoms with Crippen LogP contribution in [0, 0.1) is 11.3 Å². The van der Waals surface area contributed by atoms with Crippen molar-refractivity contribution >= 4 is 11.0 Å². The zero-order valence-corrected chi connectivity index (χ0v) is 15.3. The second-order valence-corrected chi connectivity index (χ2v) is 7.08. The number of hydrogen-bond acceptors (Lipinski definition) is 6. The van der Waals surface area contributed by atoms with Gasteiger partial charge in [0.2, 0.25) is 0 Å². The number of benzene rings is 2. The minimum absolute atomic E-state index is 0.728. The fourth-order valence-electron chi connectivity index (χ4n) is 3.54. The van der Waals surface area contributed by atoms with Crippen LogP contribution in [0.4, 0.5) is 0 Å². The summed E-state index contributed by atoms with van der Waals surface area (Å²) in [6.45, 7) is 6.60. The Morgan fingerprint density at radius 2 is 1.41 bits per heavy atom. The Balaban J connectivity index is 1.20. The van der Waals surface area contributed by atoms with E-state index >= 15 is 0 Å². The van der Waals surface area contributed by atoms with Gasteiger partial charge in [0.1, 0.15) is 11.0 Å². The van der Waals surface area contributed by atoms with Crippen molar-refractivity contribution in [2.45, 2.75) is 12.8 Å². The number of rotatable bonds is 6. The monoisotopic (exact) mass is 361 g/mol. The number of nitriles is 1. The minimum Gasteiger partial charge on any atom is -0.300 e. The average molecular weight is 361 g/mol. The molecular formula is C21H23N5O. The molecule has 0 bridgehead atoms. The van der Waals surface area contributed by atoms with E-state index in [1.807, 2.05) is 18.2 Å². The molecule has 1 aromatic heterocycles. The van der Waals surface area contributed by atoms with Crippen LogP contribution in [0.1, 0.15) is 16.7 Å². The van der Waals surface area contributed by atoms with E-state index in [2.05, 4.69) is 50.4 Å². The molecule has 4 rings (SSSR count). The van der Waals surface area contributed by atoms with Crippen LogP contribution in [0.5, 0.6) is 0 Å². The van der Waals surface area contributed by atoms with Crippen LogP contribution < -0.4 is 0 Å². The van der Waals surface area contributed by atoms with Gasteiger partial charge in [-0.1, -0.05) is 18.2 Å². The van der Waals surface area contributed by atoms with Crippen LogP contribution in [0.15, 0.2) is 47.1 Å². The highest BCUT2D eigenvalue weighted by molar-refractivity contribution is 5.73. The average Bonchev–Trinajstić information content (AvgIpc) is 3.20. The lowest BCUT2D eigenvalue weighted by atomic mass is 10.1. The van der Waals surface area contributed by atoms with Gasteiger partial charge in [0.05, 0.1) is 11.6 Å². The van der Waals surface area contributed by atoms with Crippen molar-refractivity contribution in [3.63, 3.8) is 0 Å². The lowest BCUT2D eigenvalue weighted by molar-refractivity contribution is 0.134. The third-order valence-electron chi connectivity index (χ3n) is 5.30. The quantitative estimate of drug-likeness (QED) is 0.672. The van der Waals surface area contributed by atoms with Crippen LogP contribution in [-0.4, -0.2) is 59.4 Å². The highest BCUT2D eigenvalue weighted by Crippen LogP contribution is 2.13. The number of nitrogens with zero attached hydrogens (tertiary/aromatic N) is 5. The maximum Gasteiger partial charge on any atom is 0.135 e. The highest BCUT2D eigenvalue weighted by Gasteiger charge is 2.16. The Morgan fingerprint density at radius 3 is 2.07 bits per heavy atom. The molecule has 0 spiro atoms. The molecule has 1 saturated heterocycles. The molecular weight excluding hydrogens is 338 g/mol. The van der Waals surface area contributed by atoms with Gasteiger partial charge in [-0.05, 0) is 58.5 Å². The molecule has 1 aliphatic rings. The van der Waals surface area contributed by atoms with E-state index in [1.54, 1.807) is 0 Å². The third-order valence-corrected chi connectivity index (χ3v) is 5.30. The molecule has 0 N–H and O–H groups in total. The molecule has 27 heavy (non-hydrogen) atoms. The molecule has 0 atom stereocenters. The molecule has 0 amide bonds. The fraction of sp³-hybridized carbons (Fsp3) is 0.381. The summed E-state index contributed by atoms with van der Waals surface area (Å²) >= 11 is 0. The Kier molecular flexibility index (Phi) is 5.42. The van der Waals surface area contributed by atoms with Gasteiger partial charge in [-0.25, -0.2) is 4.63 Å². The summed E-state index contributed by atoms with van der Waals surface area (Å²) in [6, 6.07) is 16.3. The molecule has 2 aromatic carbocycles. The standard InChI is InChI=1S/C21H23N5O/c22-16-19-3-1-17(2-4-19)7-9-25-11-13-26(14-12-25)10-8-18-5-6-20-21(15-18)24-27-23-20/h1-6,15H,7-14H2. The molecule has 0 unspecified atom stereocenters. The van der Waals surface area contributed by atoms with E-state index in [0.29, 0.717) is 0 Å². The van der Waals surface area contributed by atoms with E-state index in [9.17, 15) is 0 Å². The Labute approximate surface area is 158 Å². The van der Waals surface area contributed by atoms with Crippen molar-refractivity contribution in [1.82, 2.24) is 20.1 Å². The van der Waals surface area contributed by atoms with E-state index in [1.165, 1.54) is 11.1 Å². The first-order valence-electron chi connectivity index (χ1n) is 9.45. The molecule has 3 aromatic rings. The maximum atomic E-state index is 8.87. The van der Waals surface area contributed by atoms with Gasteiger partial charge in [0, 0.05) is 39.3 Å². The van der Waals surface area contributed by atoms with Gasteiger partial charge < -0.3 is 9.80 Å². The lowest BCUT2D eigenvalue weighted by Crippen LogP contribution is -2.47. The molecule has 1 fully saturated rings. The zero-order chi connectivity index (χ0) is 18.5. The topological polar surface area (TPSA) is 69.2 Å². The molecule has 6 nitrogen and oxygen atoms in total. The van der Waals surface area contributed by atoms with Gasteiger partial charge in [-0.3, -0.25) is 0 Å². The second-order valence-electron chi connectivity index (χ2n) is 7.08. The first-order valence-corrected chi connectivity index (χ1v) is 9.45. The summed E-state index contributed by atoms with van der Waals surface area (Å²) in [5, 5.41) is 16.6. The Hall–Kier alpha value is -2.75. The number of hydrogen-bond donors (Lipinski definition) is 0. The summed E-state index contributed by atoms with van der Waals surface area (Å²) in [5.41, 5.74) is 4.96. The Bertz CT molecular complexity index is 920. The minimum atomic E-state index is 0.728. The molecule has 0 radical (unpaired) electrons. The summed E-state index contributed by atoms with van der Waals surface area (Å²) in [4.78, 5) is 5.06. The van der Waals surface area contributed by atoms with Crippen LogP contribution in [0.25, 0.3) is 11.0 Å². The smallest absolute Gasteiger partial charge is 0.135 e. The molecule has 138 valence electrons. The summed E-state index contributed by atoms with van der Waals surface area (Å²) < 4.78 is 4.76. The van der Waals surface area contributed by atoms with Gasteiger partial charge in [0.25, 0.3) is 0 Å². The first-order chi connectivity index (χ1) is 13.3. The zero-order valence-electron chi connectivity index (χ0n) is 15.3. The van der Waals surface area contributed by atoms with Crippen molar-refractivity contribution in [2.75, 3.05) is 39.3 Å². The van der Waals surface area contributed by atoms with Crippen LogP contribution >= 0.6 is 0 Å². The van der Waals surface area contributed by atoms with Gasteiger partial charge >= 0.3 is 0 Å².